The molecule has 1 aliphatic heterocycles. The number of morpholine rings is 1. The van der Waals surface area contributed by atoms with Crippen LogP contribution in [0.1, 0.15) is 10.4 Å². The van der Waals surface area contributed by atoms with Crippen LogP contribution in [0.5, 0.6) is 11.5 Å². The highest BCUT2D eigenvalue weighted by Gasteiger charge is 2.29. The highest BCUT2D eigenvalue weighted by molar-refractivity contribution is 7.89. The van der Waals surface area contributed by atoms with Crippen molar-refractivity contribution in [2.24, 2.45) is 0 Å². The number of amides is 1. The van der Waals surface area contributed by atoms with Crippen LogP contribution in [-0.4, -0.2) is 58.7 Å². The second-order valence-electron chi connectivity index (χ2n) is 6.46. The highest BCUT2D eigenvalue weighted by Crippen LogP contribution is 2.30. The number of rotatable bonds is 8. The fourth-order valence-electron chi connectivity index (χ4n) is 2.94. The summed E-state index contributed by atoms with van der Waals surface area (Å²) in [5, 5.41) is 2.73. The highest BCUT2D eigenvalue weighted by atomic mass is 32.2. The van der Waals surface area contributed by atoms with E-state index in [0.29, 0.717) is 36.8 Å². The molecule has 1 fully saturated rings. The molecule has 160 valence electrons. The number of nitrogens with zero attached hydrogens (tertiary/aromatic N) is 1. The average Bonchev–Trinajstić information content (AvgIpc) is 2.78. The van der Waals surface area contributed by atoms with E-state index in [1.165, 1.54) is 23.5 Å². The summed E-state index contributed by atoms with van der Waals surface area (Å²) in [5.41, 5.74) is 0.758. The van der Waals surface area contributed by atoms with Crippen LogP contribution in [0, 0.1) is 0 Å². The largest absolute Gasteiger partial charge is 0.495 e. The third-order valence-corrected chi connectivity index (χ3v) is 6.41. The molecule has 2 aromatic rings. The summed E-state index contributed by atoms with van der Waals surface area (Å²) < 4.78 is 43.3. The molecule has 0 radical (unpaired) electrons. The Hall–Kier alpha value is -2.88. The van der Waals surface area contributed by atoms with E-state index in [2.05, 4.69) is 11.9 Å². The number of anilines is 1. The molecule has 30 heavy (non-hydrogen) atoms. The lowest BCUT2D eigenvalue weighted by Crippen LogP contribution is -2.40. The van der Waals surface area contributed by atoms with Crippen molar-refractivity contribution >= 4 is 21.6 Å². The molecule has 0 unspecified atom stereocenters. The van der Waals surface area contributed by atoms with E-state index >= 15 is 0 Å². The molecule has 1 heterocycles. The summed E-state index contributed by atoms with van der Waals surface area (Å²) in [4.78, 5) is 12.6. The van der Waals surface area contributed by atoms with Crippen LogP contribution < -0.4 is 14.8 Å². The van der Waals surface area contributed by atoms with Gasteiger partial charge in [-0.05, 0) is 42.5 Å². The second kappa shape index (κ2) is 9.75. The Morgan fingerprint density at radius 2 is 1.90 bits per heavy atom. The summed E-state index contributed by atoms with van der Waals surface area (Å²) in [5.74, 6) is 0.461. The van der Waals surface area contributed by atoms with Gasteiger partial charge in [0, 0.05) is 24.3 Å². The number of hydrogen-bond donors (Lipinski definition) is 1. The van der Waals surface area contributed by atoms with Gasteiger partial charge in [-0.1, -0.05) is 12.7 Å². The minimum Gasteiger partial charge on any atom is -0.495 e. The lowest BCUT2D eigenvalue weighted by molar-refractivity contribution is 0.0729. The molecule has 3 rings (SSSR count). The van der Waals surface area contributed by atoms with Crippen molar-refractivity contribution in [1.29, 1.82) is 0 Å². The van der Waals surface area contributed by atoms with E-state index < -0.39 is 10.0 Å². The summed E-state index contributed by atoms with van der Waals surface area (Å²) in [6.07, 6.45) is 1.63. The van der Waals surface area contributed by atoms with Gasteiger partial charge < -0.3 is 19.5 Å². The Morgan fingerprint density at radius 1 is 1.20 bits per heavy atom. The molecule has 0 aromatic heterocycles. The molecule has 9 heteroatoms. The maximum atomic E-state index is 13.1. The first-order chi connectivity index (χ1) is 14.5. The van der Waals surface area contributed by atoms with E-state index in [9.17, 15) is 13.2 Å². The quantitative estimate of drug-likeness (QED) is 0.645. The van der Waals surface area contributed by atoms with Gasteiger partial charge in [0.2, 0.25) is 10.0 Å². The monoisotopic (exact) mass is 432 g/mol. The third kappa shape index (κ3) is 4.99. The predicted molar refractivity (Wildman–Crippen MR) is 113 cm³/mol. The fraction of sp³-hybridized carbons (Fsp3) is 0.286. The number of carbonyl (C=O) groups excluding carboxylic acids is 1. The van der Waals surface area contributed by atoms with Gasteiger partial charge >= 0.3 is 0 Å². The molecular formula is C21H24N2O6S. The van der Waals surface area contributed by atoms with Gasteiger partial charge in [-0.15, -0.1) is 0 Å². The van der Waals surface area contributed by atoms with Crippen molar-refractivity contribution in [2.45, 2.75) is 4.90 Å². The lowest BCUT2D eigenvalue weighted by Gasteiger charge is -2.26. The zero-order chi connectivity index (χ0) is 21.6. The third-order valence-electron chi connectivity index (χ3n) is 4.49. The number of benzene rings is 2. The van der Waals surface area contributed by atoms with Gasteiger partial charge in [-0.2, -0.15) is 4.31 Å². The Kier molecular flexibility index (Phi) is 7.09. The summed E-state index contributed by atoms with van der Waals surface area (Å²) >= 11 is 0. The van der Waals surface area contributed by atoms with E-state index in [1.54, 1.807) is 36.4 Å². The number of sulfonamides is 1. The predicted octanol–water partition coefficient (Wildman–Crippen LogP) is 2.53. The standard InChI is InChI=1S/C21H24N2O6S/c1-3-12-29-18-7-4-16(5-8-18)21(24)22-17-6-9-19(27-2)20(15-17)30(25,26)23-10-13-28-14-11-23/h3-9,15H,1,10-14H2,2H3,(H,22,24). The van der Waals surface area contributed by atoms with Crippen LogP contribution in [-0.2, 0) is 14.8 Å². The van der Waals surface area contributed by atoms with Crippen molar-refractivity contribution in [3.8, 4) is 11.5 Å². The normalized spacial score (nSPS) is 14.7. The molecule has 2 aromatic carbocycles. The molecule has 0 bridgehead atoms. The van der Waals surface area contributed by atoms with Crippen molar-refractivity contribution < 1.29 is 27.4 Å². The smallest absolute Gasteiger partial charge is 0.255 e. The molecule has 1 saturated heterocycles. The minimum absolute atomic E-state index is 0.00197. The molecule has 1 N–H and O–H groups in total. The molecule has 0 saturated carbocycles. The summed E-state index contributed by atoms with van der Waals surface area (Å²) in [7, 11) is -2.39. The Balaban J connectivity index is 1.80. The molecule has 8 nitrogen and oxygen atoms in total. The van der Waals surface area contributed by atoms with Gasteiger partial charge in [0.15, 0.2) is 0 Å². The van der Waals surface area contributed by atoms with Crippen LogP contribution in [0.3, 0.4) is 0 Å². The van der Waals surface area contributed by atoms with Crippen molar-refractivity contribution in [1.82, 2.24) is 4.31 Å². The molecule has 1 amide bonds. The molecular weight excluding hydrogens is 408 g/mol. The summed E-state index contributed by atoms with van der Waals surface area (Å²) in [6.45, 7) is 5.17. The van der Waals surface area contributed by atoms with E-state index in [4.69, 9.17) is 14.2 Å². The molecule has 0 aliphatic carbocycles. The van der Waals surface area contributed by atoms with E-state index in [1.807, 2.05) is 0 Å². The number of carbonyl (C=O) groups is 1. The second-order valence-corrected chi connectivity index (χ2v) is 8.37. The fourth-order valence-corrected chi connectivity index (χ4v) is 4.53. The maximum absolute atomic E-state index is 13.1. The Labute approximate surface area is 176 Å². The van der Waals surface area contributed by atoms with Crippen molar-refractivity contribution in [3.63, 3.8) is 0 Å². The van der Waals surface area contributed by atoms with Crippen LogP contribution >= 0.6 is 0 Å². The van der Waals surface area contributed by atoms with Crippen molar-refractivity contribution in [2.75, 3.05) is 45.3 Å². The van der Waals surface area contributed by atoms with Crippen LogP contribution in [0.15, 0.2) is 60.0 Å². The van der Waals surface area contributed by atoms with Gasteiger partial charge in [-0.3, -0.25) is 4.79 Å². The van der Waals surface area contributed by atoms with Gasteiger partial charge in [-0.25, -0.2) is 8.42 Å². The molecule has 0 spiro atoms. The first-order valence-electron chi connectivity index (χ1n) is 9.37. The van der Waals surface area contributed by atoms with Crippen LogP contribution in [0.4, 0.5) is 5.69 Å². The Morgan fingerprint density at radius 3 is 2.53 bits per heavy atom. The number of ether oxygens (including phenoxy) is 3. The lowest BCUT2D eigenvalue weighted by atomic mass is 10.2. The van der Waals surface area contributed by atoms with Gasteiger partial charge in [0.1, 0.15) is 23.0 Å². The van der Waals surface area contributed by atoms with E-state index in [0.717, 1.165) is 0 Å². The van der Waals surface area contributed by atoms with Crippen LogP contribution in [0.25, 0.3) is 0 Å². The van der Waals surface area contributed by atoms with E-state index in [-0.39, 0.29) is 29.6 Å². The zero-order valence-corrected chi connectivity index (χ0v) is 17.5. The maximum Gasteiger partial charge on any atom is 0.255 e. The van der Waals surface area contributed by atoms with Gasteiger partial charge in [0.25, 0.3) is 5.91 Å². The average molecular weight is 432 g/mol. The number of nitrogens with one attached hydrogen (secondary N) is 1. The van der Waals surface area contributed by atoms with Crippen LogP contribution in [0.2, 0.25) is 0 Å². The van der Waals surface area contributed by atoms with Crippen molar-refractivity contribution in [3.05, 3.63) is 60.7 Å². The summed E-state index contributed by atoms with van der Waals surface area (Å²) in [6, 6.07) is 11.1. The first kappa shape index (κ1) is 21.8. The minimum atomic E-state index is -3.79. The molecule has 1 aliphatic rings. The first-order valence-corrected chi connectivity index (χ1v) is 10.8. The topological polar surface area (TPSA) is 94.2 Å². The van der Waals surface area contributed by atoms with Gasteiger partial charge in [0.05, 0.1) is 20.3 Å². The number of hydrogen-bond acceptors (Lipinski definition) is 6. The SMILES string of the molecule is C=CCOc1ccc(C(=O)Nc2ccc(OC)c(S(=O)(=O)N3CCOCC3)c2)cc1. The zero-order valence-electron chi connectivity index (χ0n) is 16.7. The Bertz CT molecular complexity index is 999. The number of methoxy groups -OCH3 is 1. The molecule has 0 atom stereocenters.